The fourth-order valence-electron chi connectivity index (χ4n) is 1.93. The Hall–Kier alpha value is -0.830. The summed E-state index contributed by atoms with van der Waals surface area (Å²) in [5.41, 5.74) is 1.14. The van der Waals surface area contributed by atoms with E-state index in [1.165, 1.54) is 6.42 Å². The van der Waals surface area contributed by atoms with Crippen LogP contribution in [0.15, 0.2) is 12.2 Å². The molecule has 0 heterocycles. The van der Waals surface area contributed by atoms with Gasteiger partial charge in [0, 0.05) is 12.8 Å². The van der Waals surface area contributed by atoms with E-state index in [1.807, 2.05) is 6.92 Å². The first kappa shape index (κ1) is 14.2. The van der Waals surface area contributed by atoms with Gasteiger partial charge in [-0.3, -0.25) is 4.79 Å². The van der Waals surface area contributed by atoms with Gasteiger partial charge < -0.3 is 10.2 Å². The summed E-state index contributed by atoms with van der Waals surface area (Å²) in [5.74, 6) is 0.229. The third kappa shape index (κ3) is 6.28. The lowest BCUT2D eigenvalue weighted by molar-refractivity contribution is -0.134. The van der Waals surface area contributed by atoms with Crippen molar-refractivity contribution < 1.29 is 15.0 Å². The summed E-state index contributed by atoms with van der Waals surface area (Å²) in [4.78, 5) is 9.00. The van der Waals surface area contributed by atoms with Gasteiger partial charge in [-0.05, 0) is 32.1 Å². The van der Waals surface area contributed by atoms with Gasteiger partial charge in [-0.1, -0.05) is 19.1 Å². The Bertz CT molecular complexity index is 219. The van der Waals surface area contributed by atoms with Crippen molar-refractivity contribution >= 4 is 5.97 Å². The third-order valence-electron chi connectivity index (χ3n) is 2.71. The van der Waals surface area contributed by atoms with Crippen LogP contribution in [0.2, 0.25) is 0 Å². The Labute approximate surface area is 91.8 Å². The number of aliphatic carboxylic acids is 1. The average Bonchev–Trinajstić information content (AvgIpc) is 2.01. The van der Waals surface area contributed by atoms with E-state index in [0.29, 0.717) is 11.8 Å². The van der Waals surface area contributed by atoms with E-state index in [-0.39, 0.29) is 6.10 Å². The number of aliphatic hydroxyl groups is 1. The van der Waals surface area contributed by atoms with E-state index in [9.17, 15) is 5.11 Å². The molecule has 88 valence electrons. The lowest BCUT2D eigenvalue weighted by atomic mass is 9.78. The van der Waals surface area contributed by atoms with Gasteiger partial charge in [0.25, 0.3) is 5.97 Å². The summed E-state index contributed by atoms with van der Waals surface area (Å²) in [6.07, 6.45) is 3.19. The van der Waals surface area contributed by atoms with Crippen molar-refractivity contribution in [2.45, 2.75) is 46.1 Å². The van der Waals surface area contributed by atoms with Crippen molar-refractivity contribution in [3.8, 4) is 0 Å². The van der Waals surface area contributed by atoms with Crippen molar-refractivity contribution in [1.82, 2.24) is 0 Å². The van der Waals surface area contributed by atoms with Crippen molar-refractivity contribution in [2.75, 3.05) is 0 Å². The molecule has 1 fully saturated rings. The first-order chi connectivity index (χ1) is 6.84. The Kier molecular flexibility index (Phi) is 6.25. The number of aliphatic hydroxyl groups excluding tert-OH is 1. The van der Waals surface area contributed by atoms with E-state index >= 15 is 0 Å². The van der Waals surface area contributed by atoms with E-state index in [2.05, 4.69) is 13.5 Å². The molecule has 0 aromatic carbocycles. The molecule has 1 saturated carbocycles. The quantitative estimate of drug-likeness (QED) is 0.659. The highest BCUT2D eigenvalue weighted by Gasteiger charge is 2.26. The first-order valence-corrected chi connectivity index (χ1v) is 5.37. The van der Waals surface area contributed by atoms with Crippen LogP contribution in [0.5, 0.6) is 0 Å². The molecule has 2 N–H and O–H groups in total. The van der Waals surface area contributed by atoms with Gasteiger partial charge in [0.1, 0.15) is 0 Å². The predicted octanol–water partition coefficient (Wildman–Crippen LogP) is 2.45. The fourth-order valence-corrected chi connectivity index (χ4v) is 1.93. The van der Waals surface area contributed by atoms with Crippen LogP contribution in [0.3, 0.4) is 0 Å². The van der Waals surface area contributed by atoms with Gasteiger partial charge in [-0.25, -0.2) is 0 Å². The number of hydrogen-bond donors (Lipinski definition) is 2. The van der Waals surface area contributed by atoms with E-state index in [0.717, 1.165) is 25.3 Å². The normalized spacial score (nSPS) is 30.0. The molecule has 0 bridgehead atoms. The van der Waals surface area contributed by atoms with Crippen LogP contribution in [0.1, 0.15) is 40.0 Å². The molecule has 1 aliphatic carbocycles. The topological polar surface area (TPSA) is 57.5 Å². The molecule has 3 nitrogen and oxygen atoms in total. The predicted molar refractivity (Wildman–Crippen MR) is 60.6 cm³/mol. The Morgan fingerprint density at radius 2 is 1.80 bits per heavy atom. The fraction of sp³-hybridized carbons (Fsp3) is 0.750. The van der Waals surface area contributed by atoms with Gasteiger partial charge in [0.15, 0.2) is 0 Å². The lowest BCUT2D eigenvalue weighted by Gasteiger charge is -2.31. The molecule has 3 heteroatoms. The van der Waals surface area contributed by atoms with Crippen molar-refractivity contribution in [3.05, 3.63) is 12.2 Å². The largest absolute Gasteiger partial charge is 0.481 e. The molecule has 0 radical (unpaired) electrons. The maximum Gasteiger partial charge on any atom is 0.300 e. The van der Waals surface area contributed by atoms with Crippen LogP contribution in [0, 0.1) is 11.8 Å². The monoisotopic (exact) mass is 214 g/mol. The zero-order valence-electron chi connectivity index (χ0n) is 9.86. The van der Waals surface area contributed by atoms with Gasteiger partial charge >= 0.3 is 0 Å². The van der Waals surface area contributed by atoms with Crippen molar-refractivity contribution in [1.29, 1.82) is 0 Å². The second-order valence-electron chi connectivity index (χ2n) is 4.46. The number of carboxylic acids is 1. The molecule has 0 unspecified atom stereocenters. The Morgan fingerprint density at radius 1 is 1.33 bits per heavy atom. The van der Waals surface area contributed by atoms with Crippen LogP contribution in [-0.4, -0.2) is 22.3 Å². The minimum atomic E-state index is -0.833. The minimum absolute atomic E-state index is 0.128. The van der Waals surface area contributed by atoms with Crippen LogP contribution >= 0.6 is 0 Å². The molecule has 0 saturated heterocycles. The number of rotatable bonds is 1. The third-order valence-corrected chi connectivity index (χ3v) is 2.71. The van der Waals surface area contributed by atoms with Crippen molar-refractivity contribution in [3.63, 3.8) is 0 Å². The highest BCUT2D eigenvalue weighted by Crippen LogP contribution is 2.32. The van der Waals surface area contributed by atoms with Gasteiger partial charge in [-0.15, -0.1) is 0 Å². The van der Waals surface area contributed by atoms with Crippen LogP contribution in [0.4, 0.5) is 0 Å². The molecular weight excluding hydrogens is 192 g/mol. The standard InChI is InChI=1S/C10H18O.C2H4O2/c1-7(2)9-5-4-8(3)6-10(9)11;1-2(3)4/h8-11H,1,4-6H2,2-3H3;1H3,(H,3,4)/t8-,9+,10-;/m1./s1. The maximum absolute atomic E-state index is 9.65. The summed E-state index contributed by atoms with van der Waals surface area (Å²) in [7, 11) is 0. The molecule has 1 rings (SSSR count). The summed E-state index contributed by atoms with van der Waals surface area (Å²) < 4.78 is 0. The minimum Gasteiger partial charge on any atom is -0.481 e. The second-order valence-corrected chi connectivity index (χ2v) is 4.46. The molecule has 0 aromatic heterocycles. The van der Waals surface area contributed by atoms with Crippen LogP contribution < -0.4 is 0 Å². The Balaban J connectivity index is 0.000000423. The van der Waals surface area contributed by atoms with Gasteiger partial charge in [-0.2, -0.15) is 0 Å². The summed E-state index contributed by atoms with van der Waals surface area (Å²) in [6, 6.07) is 0. The Morgan fingerprint density at radius 3 is 2.13 bits per heavy atom. The molecule has 0 aromatic rings. The molecular formula is C12H22O3. The maximum atomic E-state index is 9.65. The SMILES string of the molecule is C=C(C)[C@@H]1CC[C@@H](C)C[C@H]1O.CC(=O)O. The smallest absolute Gasteiger partial charge is 0.300 e. The molecule has 0 amide bonds. The van der Waals surface area contributed by atoms with Gasteiger partial charge in [0.05, 0.1) is 6.10 Å². The molecule has 3 atom stereocenters. The average molecular weight is 214 g/mol. The van der Waals surface area contributed by atoms with E-state index in [1.54, 1.807) is 0 Å². The summed E-state index contributed by atoms with van der Waals surface area (Å²) in [5, 5.41) is 17.1. The highest BCUT2D eigenvalue weighted by molar-refractivity contribution is 5.62. The molecule has 15 heavy (non-hydrogen) atoms. The number of carbonyl (C=O) groups is 1. The number of hydrogen-bond acceptors (Lipinski definition) is 2. The number of carboxylic acid groups (broad SMARTS) is 1. The summed E-state index contributed by atoms with van der Waals surface area (Å²) >= 11 is 0. The van der Waals surface area contributed by atoms with Crippen LogP contribution in [0.25, 0.3) is 0 Å². The first-order valence-electron chi connectivity index (χ1n) is 5.37. The van der Waals surface area contributed by atoms with Gasteiger partial charge in [0.2, 0.25) is 0 Å². The lowest BCUT2D eigenvalue weighted by Crippen LogP contribution is -2.28. The zero-order valence-corrected chi connectivity index (χ0v) is 9.86. The second kappa shape index (κ2) is 6.62. The zero-order chi connectivity index (χ0) is 12.0. The van der Waals surface area contributed by atoms with Crippen molar-refractivity contribution in [2.24, 2.45) is 11.8 Å². The summed E-state index contributed by atoms with van der Waals surface area (Å²) in [6.45, 7) is 9.20. The molecule has 0 aliphatic heterocycles. The van der Waals surface area contributed by atoms with E-state index in [4.69, 9.17) is 9.90 Å². The highest BCUT2D eigenvalue weighted by atomic mass is 16.4. The van der Waals surface area contributed by atoms with E-state index < -0.39 is 5.97 Å². The molecule has 1 aliphatic rings. The van der Waals surface area contributed by atoms with Crippen LogP contribution in [-0.2, 0) is 4.79 Å². The molecule has 0 spiro atoms.